The molecule has 0 spiro atoms. The quantitative estimate of drug-likeness (QED) is 0.744. The van der Waals surface area contributed by atoms with Crippen molar-refractivity contribution in [2.75, 3.05) is 12.4 Å². The van der Waals surface area contributed by atoms with Crippen molar-refractivity contribution in [3.05, 3.63) is 72.1 Å². The van der Waals surface area contributed by atoms with E-state index in [0.717, 1.165) is 11.1 Å². The molecule has 0 aliphatic heterocycles. The smallest absolute Gasteiger partial charge is 0.358 e. The Bertz CT molecular complexity index is 899. The van der Waals surface area contributed by atoms with Gasteiger partial charge in [-0.2, -0.15) is 5.10 Å². The van der Waals surface area contributed by atoms with Crippen LogP contribution in [-0.2, 0) is 11.8 Å². The van der Waals surface area contributed by atoms with E-state index in [9.17, 15) is 9.59 Å². The fourth-order valence-corrected chi connectivity index (χ4v) is 2.51. The average Bonchev–Trinajstić information content (AvgIpc) is 3.02. The molecule has 0 atom stereocenters. The first-order chi connectivity index (χ1) is 12.1. The highest BCUT2D eigenvalue weighted by Gasteiger charge is 2.19. The zero-order valence-corrected chi connectivity index (χ0v) is 13.9. The lowest BCUT2D eigenvalue weighted by atomic mass is 10.0. The number of nitrogens with one attached hydrogen (secondary N) is 1. The highest BCUT2D eigenvalue weighted by Crippen LogP contribution is 2.20. The zero-order chi connectivity index (χ0) is 17.8. The van der Waals surface area contributed by atoms with Gasteiger partial charge in [0.15, 0.2) is 5.69 Å². The van der Waals surface area contributed by atoms with Crippen LogP contribution in [0, 0.1) is 0 Å². The van der Waals surface area contributed by atoms with E-state index in [1.165, 1.54) is 18.0 Å². The van der Waals surface area contributed by atoms with Gasteiger partial charge in [-0.1, -0.05) is 42.5 Å². The fourth-order valence-electron chi connectivity index (χ4n) is 2.51. The van der Waals surface area contributed by atoms with E-state index >= 15 is 0 Å². The van der Waals surface area contributed by atoms with Crippen molar-refractivity contribution in [3.8, 4) is 11.1 Å². The molecule has 0 aliphatic carbocycles. The number of aryl methyl sites for hydroxylation is 1. The van der Waals surface area contributed by atoms with E-state index in [0.29, 0.717) is 11.3 Å². The summed E-state index contributed by atoms with van der Waals surface area (Å²) in [5.74, 6) is -0.882. The van der Waals surface area contributed by atoms with Crippen LogP contribution in [0.15, 0.2) is 60.8 Å². The number of benzene rings is 2. The van der Waals surface area contributed by atoms with Gasteiger partial charge in [-0.15, -0.1) is 0 Å². The topological polar surface area (TPSA) is 73.2 Å². The summed E-state index contributed by atoms with van der Waals surface area (Å²) in [5, 5.41) is 6.69. The van der Waals surface area contributed by atoms with Gasteiger partial charge in [-0.3, -0.25) is 9.48 Å². The normalized spacial score (nSPS) is 10.3. The molecule has 0 aliphatic rings. The zero-order valence-electron chi connectivity index (χ0n) is 13.9. The van der Waals surface area contributed by atoms with Gasteiger partial charge in [-0.25, -0.2) is 4.79 Å². The summed E-state index contributed by atoms with van der Waals surface area (Å²) < 4.78 is 6.08. The highest BCUT2D eigenvalue weighted by molar-refractivity contribution is 6.07. The number of aromatic nitrogens is 2. The van der Waals surface area contributed by atoms with Crippen LogP contribution in [0.4, 0.5) is 5.69 Å². The number of hydrogen-bond acceptors (Lipinski definition) is 4. The molecule has 1 aromatic heterocycles. The molecule has 0 saturated carbocycles. The Hall–Kier alpha value is -3.41. The number of hydrogen-bond donors (Lipinski definition) is 1. The highest BCUT2D eigenvalue weighted by atomic mass is 16.5. The Morgan fingerprint density at radius 3 is 2.28 bits per heavy atom. The van der Waals surface area contributed by atoms with Crippen LogP contribution in [-0.4, -0.2) is 28.8 Å². The number of anilines is 1. The molecule has 3 aromatic rings. The Morgan fingerprint density at radius 1 is 1.00 bits per heavy atom. The second-order valence-electron chi connectivity index (χ2n) is 5.42. The lowest BCUT2D eigenvalue weighted by molar-refractivity contribution is 0.0589. The van der Waals surface area contributed by atoms with E-state index in [4.69, 9.17) is 4.74 Å². The molecule has 0 fully saturated rings. The maximum Gasteiger partial charge on any atom is 0.358 e. The SMILES string of the molecule is COC(=O)c1c(NC(=O)c2ccc(-c3ccccc3)cc2)cnn1C. The van der Waals surface area contributed by atoms with Gasteiger partial charge in [0.2, 0.25) is 0 Å². The number of methoxy groups -OCH3 is 1. The lowest BCUT2D eigenvalue weighted by Gasteiger charge is -2.07. The monoisotopic (exact) mass is 335 g/mol. The average molecular weight is 335 g/mol. The molecule has 0 radical (unpaired) electrons. The Kier molecular flexibility index (Phi) is 4.61. The summed E-state index contributed by atoms with van der Waals surface area (Å²) in [7, 11) is 2.89. The number of ether oxygens (including phenoxy) is 1. The molecule has 2 aromatic carbocycles. The van der Waals surface area contributed by atoms with Gasteiger partial charge in [0.25, 0.3) is 5.91 Å². The van der Waals surface area contributed by atoms with Gasteiger partial charge >= 0.3 is 5.97 Å². The van der Waals surface area contributed by atoms with Crippen molar-refractivity contribution >= 4 is 17.6 Å². The molecule has 0 saturated heterocycles. The summed E-state index contributed by atoms with van der Waals surface area (Å²) in [4.78, 5) is 24.2. The third kappa shape index (κ3) is 3.42. The van der Waals surface area contributed by atoms with Gasteiger partial charge in [0.05, 0.1) is 19.0 Å². The number of amides is 1. The van der Waals surface area contributed by atoms with Crippen LogP contribution in [0.3, 0.4) is 0 Å². The van der Waals surface area contributed by atoms with Gasteiger partial charge in [0.1, 0.15) is 0 Å². The summed E-state index contributed by atoms with van der Waals surface area (Å²) in [6.45, 7) is 0. The van der Waals surface area contributed by atoms with Crippen molar-refractivity contribution in [2.24, 2.45) is 7.05 Å². The fraction of sp³-hybridized carbons (Fsp3) is 0.105. The van der Waals surface area contributed by atoms with Crippen LogP contribution in [0.1, 0.15) is 20.8 Å². The standard InChI is InChI=1S/C19H17N3O3/c1-22-17(19(24)25-2)16(12-20-22)21-18(23)15-10-8-14(9-11-15)13-6-4-3-5-7-13/h3-12H,1-2H3,(H,21,23). The predicted molar refractivity (Wildman–Crippen MR) is 94.4 cm³/mol. The molecule has 3 rings (SSSR count). The van der Waals surface area contributed by atoms with Gasteiger partial charge in [0, 0.05) is 12.6 Å². The van der Waals surface area contributed by atoms with Crippen molar-refractivity contribution in [3.63, 3.8) is 0 Å². The van der Waals surface area contributed by atoms with Crippen molar-refractivity contribution in [1.82, 2.24) is 9.78 Å². The third-order valence-electron chi connectivity index (χ3n) is 3.82. The summed E-state index contributed by atoms with van der Waals surface area (Å²) in [6, 6.07) is 17.2. The van der Waals surface area contributed by atoms with Crippen LogP contribution in [0.25, 0.3) is 11.1 Å². The predicted octanol–water partition coefficient (Wildman–Crippen LogP) is 3.13. The van der Waals surface area contributed by atoms with E-state index in [1.807, 2.05) is 42.5 Å². The molecule has 0 bridgehead atoms. The Labute approximate surface area is 145 Å². The maximum atomic E-state index is 12.4. The summed E-state index contributed by atoms with van der Waals surface area (Å²) in [6.07, 6.45) is 1.42. The first-order valence-corrected chi connectivity index (χ1v) is 7.67. The number of nitrogens with zero attached hydrogens (tertiary/aromatic N) is 2. The molecule has 6 nitrogen and oxygen atoms in total. The van der Waals surface area contributed by atoms with Gasteiger partial charge < -0.3 is 10.1 Å². The van der Waals surface area contributed by atoms with Crippen LogP contribution >= 0.6 is 0 Å². The number of carbonyl (C=O) groups is 2. The maximum absolute atomic E-state index is 12.4. The van der Waals surface area contributed by atoms with Crippen molar-refractivity contribution in [1.29, 1.82) is 0 Å². The molecular formula is C19H17N3O3. The molecular weight excluding hydrogens is 318 g/mol. The molecule has 1 N–H and O–H groups in total. The molecule has 1 heterocycles. The van der Waals surface area contributed by atoms with Gasteiger partial charge in [-0.05, 0) is 23.3 Å². The Balaban J connectivity index is 1.80. The van der Waals surface area contributed by atoms with Crippen LogP contribution < -0.4 is 5.32 Å². The van der Waals surface area contributed by atoms with Crippen molar-refractivity contribution in [2.45, 2.75) is 0 Å². The first-order valence-electron chi connectivity index (χ1n) is 7.67. The molecule has 126 valence electrons. The molecule has 1 amide bonds. The van der Waals surface area contributed by atoms with E-state index in [-0.39, 0.29) is 11.6 Å². The first kappa shape index (κ1) is 16.4. The third-order valence-corrected chi connectivity index (χ3v) is 3.82. The van der Waals surface area contributed by atoms with E-state index in [2.05, 4.69) is 10.4 Å². The molecule has 6 heteroatoms. The minimum absolute atomic E-state index is 0.191. The Morgan fingerprint density at radius 2 is 1.64 bits per heavy atom. The summed E-state index contributed by atoms with van der Waals surface area (Å²) in [5.41, 5.74) is 3.09. The lowest BCUT2D eigenvalue weighted by Crippen LogP contribution is -2.16. The van der Waals surface area contributed by atoms with Crippen LogP contribution in [0.2, 0.25) is 0 Å². The van der Waals surface area contributed by atoms with Crippen molar-refractivity contribution < 1.29 is 14.3 Å². The second kappa shape index (κ2) is 7.00. The second-order valence-corrected chi connectivity index (χ2v) is 5.42. The minimum Gasteiger partial charge on any atom is -0.464 e. The van der Waals surface area contributed by atoms with E-state index in [1.54, 1.807) is 19.2 Å². The molecule has 0 unspecified atom stereocenters. The number of esters is 1. The molecule has 25 heavy (non-hydrogen) atoms. The number of carbonyl (C=O) groups excluding carboxylic acids is 2. The van der Waals surface area contributed by atoms with E-state index < -0.39 is 5.97 Å². The largest absolute Gasteiger partial charge is 0.464 e. The minimum atomic E-state index is -0.560. The number of rotatable bonds is 4. The summed E-state index contributed by atoms with van der Waals surface area (Å²) >= 11 is 0. The van der Waals surface area contributed by atoms with Crippen LogP contribution in [0.5, 0.6) is 0 Å².